The molecule has 0 atom stereocenters. The summed E-state index contributed by atoms with van der Waals surface area (Å²) in [5.74, 6) is 0.709. The third kappa shape index (κ3) is 9.37. The molecule has 1 amide bonds. The van der Waals surface area contributed by atoms with Crippen molar-refractivity contribution in [2.24, 2.45) is 5.92 Å². The highest BCUT2D eigenvalue weighted by atomic mass is 35.5. The van der Waals surface area contributed by atoms with Crippen molar-refractivity contribution in [3.8, 4) is 11.5 Å². The van der Waals surface area contributed by atoms with Crippen LogP contribution < -0.4 is 20.1 Å². The topological polar surface area (TPSA) is 96.5 Å². The molecular formula is C29H33ClF3N3O4S. The number of alkyl halides is 3. The summed E-state index contributed by atoms with van der Waals surface area (Å²) >= 11 is 0. The molecular weight excluding hydrogens is 579 g/mol. The van der Waals surface area contributed by atoms with Gasteiger partial charge >= 0.3 is 6.18 Å². The van der Waals surface area contributed by atoms with E-state index in [0.717, 1.165) is 62.5 Å². The minimum atomic E-state index is -4.48. The number of carbonyl (C=O) groups excluding carboxylic acids is 1. The van der Waals surface area contributed by atoms with Gasteiger partial charge < -0.3 is 15.4 Å². The standard InChI is InChI=1S/C29H32F3N3O4S.ClH/c30-29(31,32)23-10-12-24(13-11-23)39-27-7-2-1-6-26(27)35-40(37,38)25-14-8-22(9-15-25)28(36)34-18-4-3-5-21-16-19-33-20-17-21;/h1-2,6-15,21,33,35H,3-5,16-20H2,(H,34,36);1H. The molecule has 3 aromatic rings. The van der Waals surface area contributed by atoms with Gasteiger partial charge in [0.2, 0.25) is 0 Å². The molecule has 1 aliphatic heterocycles. The second-order valence-corrected chi connectivity index (χ2v) is 11.4. The normalized spacial score (nSPS) is 14.1. The average Bonchev–Trinajstić information content (AvgIpc) is 2.94. The molecule has 3 aromatic carbocycles. The minimum Gasteiger partial charge on any atom is -0.455 e. The highest BCUT2D eigenvalue weighted by Crippen LogP contribution is 2.34. The first kappa shape index (κ1) is 32.2. The number of benzene rings is 3. The number of sulfonamides is 1. The second kappa shape index (κ2) is 14.6. The zero-order chi connectivity index (χ0) is 28.6. The molecule has 0 saturated carbocycles. The predicted octanol–water partition coefficient (Wildman–Crippen LogP) is 6.62. The van der Waals surface area contributed by atoms with Crippen LogP contribution >= 0.6 is 12.4 Å². The zero-order valence-corrected chi connectivity index (χ0v) is 23.9. The number of amides is 1. The zero-order valence-electron chi connectivity index (χ0n) is 22.2. The van der Waals surface area contributed by atoms with E-state index in [4.69, 9.17) is 4.74 Å². The lowest BCUT2D eigenvalue weighted by Gasteiger charge is -2.22. The second-order valence-electron chi connectivity index (χ2n) is 9.70. The van der Waals surface area contributed by atoms with Crippen LogP contribution in [0, 0.1) is 5.92 Å². The fourth-order valence-corrected chi connectivity index (χ4v) is 5.57. The van der Waals surface area contributed by atoms with E-state index in [9.17, 15) is 26.4 Å². The molecule has 4 rings (SSSR count). The fourth-order valence-electron chi connectivity index (χ4n) is 4.50. The molecule has 0 radical (unpaired) electrons. The molecule has 3 N–H and O–H groups in total. The van der Waals surface area contributed by atoms with Gasteiger partial charge in [0, 0.05) is 12.1 Å². The smallest absolute Gasteiger partial charge is 0.416 e. The lowest BCUT2D eigenvalue weighted by molar-refractivity contribution is -0.137. The Labute approximate surface area is 244 Å². The van der Waals surface area contributed by atoms with Crippen LogP contribution in [0.15, 0.2) is 77.7 Å². The Hall–Kier alpha value is -3.28. The number of ether oxygens (including phenoxy) is 1. The van der Waals surface area contributed by atoms with Gasteiger partial charge in [-0.1, -0.05) is 25.0 Å². The van der Waals surface area contributed by atoms with Crippen LogP contribution in [0.4, 0.5) is 18.9 Å². The van der Waals surface area contributed by atoms with Crippen molar-refractivity contribution in [3.05, 3.63) is 83.9 Å². The number of rotatable bonds is 11. The van der Waals surface area contributed by atoms with E-state index < -0.39 is 21.8 Å². The summed E-state index contributed by atoms with van der Waals surface area (Å²) in [6, 6.07) is 15.8. The molecule has 41 heavy (non-hydrogen) atoms. The number of unbranched alkanes of at least 4 members (excludes halogenated alkanes) is 1. The van der Waals surface area contributed by atoms with Gasteiger partial charge in [0.25, 0.3) is 15.9 Å². The predicted molar refractivity (Wildman–Crippen MR) is 154 cm³/mol. The number of hydrogen-bond donors (Lipinski definition) is 3. The van der Waals surface area contributed by atoms with E-state index in [1.54, 1.807) is 12.1 Å². The van der Waals surface area contributed by atoms with Crippen LogP contribution in [-0.2, 0) is 16.2 Å². The maximum absolute atomic E-state index is 13.0. The number of para-hydroxylation sites is 2. The fraction of sp³-hybridized carbons (Fsp3) is 0.345. The Balaban J connectivity index is 0.00000462. The van der Waals surface area contributed by atoms with E-state index in [-0.39, 0.29) is 40.4 Å². The summed E-state index contributed by atoms with van der Waals surface area (Å²) in [6.45, 7) is 2.71. The van der Waals surface area contributed by atoms with Crippen LogP contribution in [0.5, 0.6) is 11.5 Å². The van der Waals surface area contributed by atoms with Crippen molar-refractivity contribution in [1.29, 1.82) is 0 Å². The van der Waals surface area contributed by atoms with Crippen LogP contribution in [0.2, 0.25) is 0 Å². The van der Waals surface area contributed by atoms with E-state index in [1.807, 2.05) is 0 Å². The third-order valence-corrected chi connectivity index (χ3v) is 8.13. The van der Waals surface area contributed by atoms with Gasteiger partial charge in [-0.15, -0.1) is 12.4 Å². The summed E-state index contributed by atoms with van der Waals surface area (Å²) < 4.78 is 72.6. The van der Waals surface area contributed by atoms with E-state index in [0.29, 0.717) is 12.1 Å². The monoisotopic (exact) mass is 611 g/mol. The minimum absolute atomic E-state index is 0. The molecule has 1 saturated heterocycles. The summed E-state index contributed by atoms with van der Waals surface area (Å²) in [4.78, 5) is 12.4. The molecule has 7 nitrogen and oxygen atoms in total. The largest absolute Gasteiger partial charge is 0.455 e. The van der Waals surface area contributed by atoms with Crippen molar-refractivity contribution in [1.82, 2.24) is 10.6 Å². The molecule has 12 heteroatoms. The van der Waals surface area contributed by atoms with Gasteiger partial charge in [0.1, 0.15) is 5.75 Å². The first-order chi connectivity index (χ1) is 19.1. The number of carbonyl (C=O) groups is 1. The van der Waals surface area contributed by atoms with Crippen LogP contribution in [0.1, 0.15) is 48.0 Å². The maximum Gasteiger partial charge on any atom is 0.416 e. The third-order valence-electron chi connectivity index (χ3n) is 6.75. The van der Waals surface area contributed by atoms with Gasteiger partial charge in [0.05, 0.1) is 16.1 Å². The van der Waals surface area contributed by atoms with Crippen molar-refractivity contribution >= 4 is 34.0 Å². The van der Waals surface area contributed by atoms with Gasteiger partial charge in [-0.3, -0.25) is 9.52 Å². The Bertz CT molecular complexity index is 1380. The molecule has 1 heterocycles. The summed E-state index contributed by atoms with van der Waals surface area (Å²) in [7, 11) is -4.05. The first-order valence-corrected chi connectivity index (χ1v) is 14.7. The van der Waals surface area contributed by atoms with Crippen LogP contribution in [0.3, 0.4) is 0 Å². The summed E-state index contributed by atoms with van der Waals surface area (Å²) in [5.41, 5.74) is -0.365. The van der Waals surface area contributed by atoms with Gasteiger partial charge in [-0.25, -0.2) is 8.42 Å². The molecule has 222 valence electrons. The Kier molecular flexibility index (Phi) is 11.5. The molecule has 0 bridgehead atoms. The first-order valence-electron chi connectivity index (χ1n) is 13.2. The van der Waals surface area contributed by atoms with Crippen molar-refractivity contribution in [2.45, 2.75) is 43.2 Å². The highest BCUT2D eigenvalue weighted by Gasteiger charge is 2.30. The van der Waals surface area contributed by atoms with Crippen molar-refractivity contribution in [2.75, 3.05) is 24.4 Å². The van der Waals surface area contributed by atoms with Crippen LogP contribution in [0.25, 0.3) is 0 Å². The number of nitrogens with one attached hydrogen (secondary N) is 3. The highest BCUT2D eigenvalue weighted by molar-refractivity contribution is 7.92. The molecule has 0 unspecified atom stereocenters. The van der Waals surface area contributed by atoms with Crippen molar-refractivity contribution < 1.29 is 31.1 Å². The molecule has 1 aliphatic rings. The molecule has 0 aliphatic carbocycles. The number of halogens is 4. The number of hydrogen-bond acceptors (Lipinski definition) is 5. The lowest BCUT2D eigenvalue weighted by atomic mass is 9.92. The van der Waals surface area contributed by atoms with Gasteiger partial charge in [-0.2, -0.15) is 13.2 Å². The van der Waals surface area contributed by atoms with E-state index in [2.05, 4.69) is 15.4 Å². The quantitative estimate of drug-likeness (QED) is 0.212. The molecule has 1 fully saturated rings. The summed E-state index contributed by atoms with van der Waals surface area (Å²) in [6.07, 6.45) is 1.03. The van der Waals surface area contributed by atoms with Crippen LogP contribution in [-0.4, -0.2) is 34.0 Å². The Morgan fingerprint density at radius 2 is 1.59 bits per heavy atom. The maximum atomic E-state index is 13.0. The number of anilines is 1. The Morgan fingerprint density at radius 3 is 2.24 bits per heavy atom. The summed E-state index contributed by atoms with van der Waals surface area (Å²) in [5, 5.41) is 6.24. The van der Waals surface area contributed by atoms with Gasteiger partial charge in [0.15, 0.2) is 5.75 Å². The van der Waals surface area contributed by atoms with Crippen molar-refractivity contribution in [3.63, 3.8) is 0 Å². The lowest BCUT2D eigenvalue weighted by Crippen LogP contribution is -2.28. The van der Waals surface area contributed by atoms with Gasteiger partial charge in [-0.05, 0) is 98.9 Å². The average molecular weight is 612 g/mol. The molecule has 0 spiro atoms. The number of piperidine rings is 1. The molecule has 0 aromatic heterocycles. The SMILES string of the molecule is Cl.O=C(NCCCCC1CCNCC1)c1ccc(S(=O)(=O)Nc2ccccc2Oc2ccc(C(F)(F)F)cc2)cc1. The van der Waals surface area contributed by atoms with E-state index in [1.165, 1.54) is 49.2 Å². The van der Waals surface area contributed by atoms with E-state index >= 15 is 0 Å². The Morgan fingerprint density at radius 1 is 0.927 bits per heavy atom.